The summed E-state index contributed by atoms with van der Waals surface area (Å²) in [6.07, 6.45) is 3.82. The fourth-order valence-corrected chi connectivity index (χ4v) is 1.61. The zero-order chi connectivity index (χ0) is 9.38. The van der Waals surface area contributed by atoms with Gasteiger partial charge >= 0.3 is 0 Å². The summed E-state index contributed by atoms with van der Waals surface area (Å²) in [5.74, 6) is 0. The third-order valence-corrected chi connectivity index (χ3v) is 2.34. The minimum absolute atomic E-state index is 0.801. The molecule has 2 heterocycles. The zero-order valence-electron chi connectivity index (χ0n) is 7.57. The van der Waals surface area contributed by atoms with Crippen LogP contribution >= 0.6 is 0 Å². The molecule has 3 nitrogen and oxygen atoms in total. The molecule has 1 aromatic rings. The molecule has 0 amide bonds. The number of para-hydroxylation sites is 2. The van der Waals surface area contributed by atoms with Crippen LogP contribution in [0.1, 0.15) is 0 Å². The van der Waals surface area contributed by atoms with Gasteiger partial charge in [0, 0.05) is 18.0 Å². The number of benzene rings is 1. The Hall–Kier alpha value is -1.90. The Morgan fingerprint density at radius 1 is 1.14 bits per heavy atom. The largest absolute Gasteiger partial charge is 0.385 e. The number of hydrogen-bond acceptors (Lipinski definition) is 3. The van der Waals surface area contributed by atoms with Crippen molar-refractivity contribution in [1.29, 1.82) is 0 Å². The molecule has 0 saturated carbocycles. The van der Waals surface area contributed by atoms with Crippen LogP contribution in [-0.2, 0) is 0 Å². The van der Waals surface area contributed by atoms with E-state index in [4.69, 9.17) is 0 Å². The van der Waals surface area contributed by atoms with Gasteiger partial charge in [0.25, 0.3) is 0 Å². The van der Waals surface area contributed by atoms with Crippen LogP contribution in [0.25, 0.3) is 0 Å². The van der Waals surface area contributed by atoms with Crippen LogP contribution in [0.15, 0.2) is 46.0 Å². The lowest BCUT2D eigenvalue weighted by Gasteiger charge is -1.98. The first-order valence-corrected chi connectivity index (χ1v) is 4.58. The minimum atomic E-state index is 0.801. The van der Waals surface area contributed by atoms with Crippen LogP contribution < -0.4 is 5.32 Å². The van der Waals surface area contributed by atoms with Gasteiger partial charge in [-0.2, -0.15) is 0 Å². The molecular weight excluding hydrogens is 174 g/mol. The van der Waals surface area contributed by atoms with Crippen molar-refractivity contribution in [1.82, 2.24) is 5.32 Å². The van der Waals surface area contributed by atoms with Gasteiger partial charge in [-0.05, 0) is 12.1 Å². The Bertz CT molecular complexity index is 469. The molecule has 0 unspecified atom stereocenters. The van der Waals surface area contributed by atoms with Crippen molar-refractivity contribution < 1.29 is 0 Å². The molecule has 0 aromatic heterocycles. The van der Waals surface area contributed by atoms with E-state index in [2.05, 4.69) is 15.3 Å². The Morgan fingerprint density at radius 2 is 2.00 bits per heavy atom. The fourth-order valence-electron chi connectivity index (χ4n) is 1.61. The highest BCUT2D eigenvalue weighted by molar-refractivity contribution is 6.20. The van der Waals surface area contributed by atoms with Gasteiger partial charge in [0.15, 0.2) is 0 Å². The SMILES string of the molecule is C1=Nc2ccccc2N=C2CNC=C12. The average molecular weight is 183 g/mol. The van der Waals surface area contributed by atoms with Gasteiger partial charge in [0.1, 0.15) is 0 Å². The molecule has 2 aliphatic rings. The van der Waals surface area contributed by atoms with Gasteiger partial charge in [0.2, 0.25) is 0 Å². The molecule has 14 heavy (non-hydrogen) atoms. The van der Waals surface area contributed by atoms with Crippen molar-refractivity contribution in [3.05, 3.63) is 36.0 Å². The molecule has 2 aliphatic heterocycles. The lowest BCUT2D eigenvalue weighted by Crippen LogP contribution is -2.09. The van der Waals surface area contributed by atoms with E-state index in [0.717, 1.165) is 29.2 Å². The van der Waals surface area contributed by atoms with Gasteiger partial charge in [-0.15, -0.1) is 0 Å². The fraction of sp³-hybridized carbons (Fsp3) is 0.0909. The number of fused-ring (bicyclic) bond motifs is 2. The minimum Gasteiger partial charge on any atom is -0.385 e. The van der Waals surface area contributed by atoms with E-state index in [1.165, 1.54) is 0 Å². The van der Waals surface area contributed by atoms with Crippen molar-refractivity contribution in [2.45, 2.75) is 0 Å². The van der Waals surface area contributed by atoms with Crippen LogP contribution in [0.2, 0.25) is 0 Å². The maximum absolute atomic E-state index is 4.56. The molecule has 0 fully saturated rings. The first-order valence-electron chi connectivity index (χ1n) is 4.58. The van der Waals surface area contributed by atoms with Crippen LogP contribution in [0.4, 0.5) is 11.4 Å². The highest BCUT2D eigenvalue weighted by atomic mass is 14.9. The predicted molar refractivity (Wildman–Crippen MR) is 57.8 cm³/mol. The standard InChI is InChI=1S/C11H9N3/c1-2-4-10-9(3-1)13-6-8-5-12-7-11(8)14-10/h1-6,12H,7H2. The van der Waals surface area contributed by atoms with Crippen molar-refractivity contribution >= 4 is 23.3 Å². The molecule has 0 bridgehead atoms. The van der Waals surface area contributed by atoms with Gasteiger partial charge in [-0.25, -0.2) is 4.99 Å². The third kappa shape index (κ3) is 1.06. The second-order valence-electron chi connectivity index (χ2n) is 3.29. The maximum atomic E-state index is 4.56. The molecule has 1 aromatic carbocycles. The van der Waals surface area contributed by atoms with Crippen LogP contribution in [-0.4, -0.2) is 18.5 Å². The monoisotopic (exact) mass is 183 g/mol. The lowest BCUT2D eigenvalue weighted by molar-refractivity contribution is 1.05. The number of hydrogen-bond donors (Lipinski definition) is 1. The molecule has 0 spiro atoms. The molecule has 0 saturated heterocycles. The number of rotatable bonds is 0. The van der Waals surface area contributed by atoms with E-state index in [-0.39, 0.29) is 0 Å². The summed E-state index contributed by atoms with van der Waals surface area (Å²) in [7, 11) is 0. The van der Waals surface area contributed by atoms with E-state index < -0.39 is 0 Å². The Kier molecular flexibility index (Phi) is 1.50. The first kappa shape index (κ1) is 7.50. The third-order valence-electron chi connectivity index (χ3n) is 2.34. The summed E-state index contributed by atoms with van der Waals surface area (Å²) in [4.78, 5) is 8.94. The number of nitrogens with zero attached hydrogens (tertiary/aromatic N) is 2. The lowest BCUT2D eigenvalue weighted by atomic mass is 10.2. The Balaban J connectivity index is 2.22. The Labute approximate surface area is 81.9 Å². The quantitative estimate of drug-likeness (QED) is 0.655. The molecule has 68 valence electrons. The first-order chi connectivity index (χ1) is 6.93. The molecule has 0 atom stereocenters. The summed E-state index contributed by atoms with van der Waals surface area (Å²) in [5, 5.41) is 3.14. The van der Waals surface area contributed by atoms with Crippen LogP contribution in [0.5, 0.6) is 0 Å². The van der Waals surface area contributed by atoms with Gasteiger partial charge in [-0.3, -0.25) is 4.99 Å². The number of aliphatic imine (C=N–C) groups is 2. The molecular formula is C11H9N3. The molecule has 0 aliphatic carbocycles. The summed E-state index contributed by atoms with van der Waals surface area (Å²) < 4.78 is 0. The van der Waals surface area contributed by atoms with Crippen molar-refractivity contribution in [2.24, 2.45) is 9.98 Å². The Morgan fingerprint density at radius 3 is 2.93 bits per heavy atom. The predicted octanol–water partition coefficient (Wildman–Crippen LogP) is 1.96. The maximum Gasteiger partial charge on any atom is 0.0890 e. The topological polar surface area (TPSA) is 36.8 Å². The van der Waals surface area contributed by atoms with Crippen molar-refractivity contribution in [3.63, 3.8) is 0 Å². The normalized spacial score (nSPS) is 17.4. The van der Waals surface area contributed by atoms with Gasteiger partial charge < -0.3 is 5.32 Å². The highest BCUT2D eigenvalue weighted by Gasteiger charge is 2.14. The average Bonchev–Trinajstić information content (AvgIpc) is 2.58. The summed E-state index contributed by atoms with van der Waals surface area (Å²) >= 11 is 0. The van der Waals surface area contributed by atoms with Crippen molar-refractivity contribution in [2.75, 3.05) is 6.54 Å². The van der Waals surface area contributed by atoms with Gasteiger partial charge in [0.05, 0.1) is 23.6 Å². The second kappa shape index (κ2) is 2.80. The smallest absolute Gasteiger partial charge is 0.0890 e. The molecule has 0 radical (unpaired) electrons. The summed E-state index contributed by atoms with van der Waals surface area (Å²) in [6, 6.07) is 7.92. The van der Waals surface area contributed by atoms with Gasteiger partial charge in [-0.1, -0.05) is 12.1 Å². The summed E-state index contributed by atoms with van der Waals surface area (Å²) in [6.45, 7) is 0.801. The molecule has 3 heteroatoms. The van der Waals surface area contributed by atoms with E-state index in [1.807, 2.05) is 36.7 Å². The highest BCUT2D eigenvalue weighted by Crippen LogP contribution is 2.30. The van der Waals surface area contributed by atoms with E-state index in [0.29, 0.717) is 0 Å². The number of nitrogens with one attached hydrogen (secondary N) is 1. The molecule has 1 N–H and O–H groups in total. The van der Waals surface area contributed by atoms with E-state index in [9.17, 15) is 0 Å². The van der Waals surface area contributed by atoms with E-state index in [1.54, 1.807) is 0 Å². The van der Waals surface area contributed by atoms with Crippen LogP contribution in [0.3, 0.4) is 0 Å². The van der Waals surface area contributed by atoms with E-state index >= 15 is 0 Å². The van der Waals surface area contributed by atoms with Crippen LogP contribution in [0, 0.1) is 0 Å². The van der Waals surface area contributed by atoms with Crippen molar-refractivity contribution in [3.8, 4) is 0 Å². The zero-order valence-corrected chi connectivity index (χ0v) is 7.57. The molecule has 3 rings (SSSR count). The summed E-state index contributed by atoms with van der Waals surface area (Å²) in [5.41, 5.74) is 4.04. The second-order valence-corrected chi connectivity index (χ2v) is 3.29.